The second kappa shape index (κ2) is 19.5. The Hall–Kier alpha value is -7.16. The van der Waals surface area contributed by atoms with Gasteiger partial charge in [0.25, 0.3) is 0 Å². The van der Waals surface area contributed by atoms with Crippen LogP contribution in [0.25, 0.3) is 100.0 Å². The number of para-hydroxylation sites is 1. The Morgan fingerprint density at radius 2 is 0.924 bits per heavy atom. The molecule has 0 saturated heterocycles. The first kappa shape index (κ1) is 44.1. The van der Waals surface area contributed by atoms with Crippen molar-refractivity contribution in [2.75, 3.05) is 0 Å². The van der Waals surface area contributed by atoms with E-state index in [1.807, 2.05) is 30.5 Å². The maximum absolute atomic E-state index is 7.50. The molecule has 0 radical (unpaired) electrons. The number of fused-ring (bicyclic) bond motifs is 5. The van der Waals surface area contributed by atoms with E-state index in [0.717, 1.165) is 81.1 Å². The van der Waals surface area contributed by atoms with Crippen molar-refractivity contribution in [3.63, 3.8) is 0 Å². The summed E-state index contributed by atoms with van der Waals surface area (Å²) in [4.78, 5) is 5.05. The van der Waals surface area contributed by atoms with E-state index >= 15 is 0 Å². The van der Waals surface area contributed by atoms with Crippen LogP contribution in [-0.2, 0) is 55.1 Å². The Morgan fingerprint density at radius 1 is 0.455 bits per heavy atom. The zero-order valence-corrected chi connectivity index (χ0v) is 38.3. The zero-order chi connectivity index (χ0) is 44.3. The summed E-state index contributed by atoms with van der Waals surface area (Å²) in [7, 11) is 0. The Kier molecular flexibility index (Phi) is 13.0. The van der Waals surface area contributed by atoms with Crippen LogP contribution in [0.1, 0.15) is 35.1 Å². The quantitative estimate of drug-likeness (QED) is 0.118. The molecule has 66 heavy (non-hydrogen) atoms. The third-order valence-corrected chi connectivity index (χ3v) is 12.9. The number of aryl methyl sites for hydroxylation is 4. The fourth-order valence-corrected chi connectivity index (χ4v) is 9.92. The molecule has 4 nitrogen and oxygen atoms in total. The summed E-state index contributed by atoms with van der Waals surface area (Å²) in [5.74, 6) is 0. The van der Waals surface area contributed by atoms with Gasteiger partial charge < -0.3 is 9.40 Å². The van der Waals surface area contributed by atoms with Crippen LogP contribution in [0.4, 0.5) is 0 Å². The van der Waals surface area contributed by atoms with Crippen molar-refractivity contribution in [2.45, 2.75) is 38.5 Å². The van der Waals surface area contributed by atoms with E-state index in [0.29, 0.717) is 0 Å². The standard InChI is InChI=1S/C59H40NO.2CO.Ir/c1-4-19-51(48(16-1)42-28-26-38-12-9-14-40(38)32-42)45-34-46(52-20-5-2-17-49(52)43-29-27-39-13-10-15-41(39)33-43)36-47(35-45)53-21-6-3-18-50(53)44-30-31-57(60-37-44)56-24-11-23-55-54-22-7-8-25-58(54)61-59(55)56;2*1-2;/h1-8,11,16-23,25,28-37H,9-10,12-15H2;;;/q-3;;;+3. The molecule has 0 fully saturated rings. The van der Waals surface area contributed by atoms with Gasteiger partial charge in [-0.05, 0) is 74.5 Å². The van der Waals surface area contributed by atoms with E-state index in [1.54, 1.807) is 0 Å². The smallest absolute Gasteiger partial charge is 0.501 e. The van der Waals surface area contributed by atoms with Crippen molar-refractivity contribution in [3.8, 4) is 78.0 Å². The van der Waals surface area contributed by atoms with E-state index in [4.69, 9.17) is 18.7 Å². The number of pyridine rings is 1. The molecule has 0 amide bonds. The van der Waals surface area contributed by atoms with Crippen LogP contribution in [0.5, 0.6) is 0 Å². The molecule has 2 aliphatic rings. The van der Waals surface area contributed by atoms with Crippen molar-refractivity contribution >= 4 is 21.9 Å². The number of hydrogen-bond donors (Lipinski definition) is 0. The molecule has 0 atom stereocenters. The molecule has 10 aromatic rings. The summed E-state index contributed by atoms with van der Waals surface area (Å²) in [6.07, 6.45) is 8.90. The largest absolute Gasteiger partial charge is 3.00 e. The van der Waals surface area contributed by atoms with Gasteiger partial charge in [0.05, 0.1) is 5.58 Å². The van der Waals surface area contributed by atoms with Gasteiger partial charge in [-0.1, -0.05) is 164 Å². The van der Waals surface area contributed by atoms with Gasteiger partial charge >= 0.3 is 42.7 Å². The van der Waals surface area contributed by atoms with Crippen LogP contribution in [0, 0.1) is 31.5 Å². The Bertz CT molecular complexity index is 3310. The summed E-state index contributed by atoms with van der Waals surface area (Å²) in [6.45, 7) is 9.00. The van der Waals surface area contributed by atoms with Gasteiger partial charge in [-0.25, -0.2) is 0 Å². The topological polar surface area (TPSA) is 65.8 Å². The average Bonchev–Trinajstić information content (AvgIpc) is 4.16. The minimum absolute atomic E-state index is 0. The van der Waals surface area contributed by atoms with Gasteiger partial charge in [0.15, 0.2) is 0 Å². The summed E-state index contributed by atoms with van der Waals surface area (Å²) >= 11 is 0. The van der Waals surface area contributed by atoms with Gasteiger partial charge in [0.1, 0.15) is 5.58 Å². The second-order valence-electron chi connectivity index (χ2n) is 16.6. The first-order valence-electron chi connectivity index (χ1n) is 21.9. The summed E-state index contributed by atoms with van der Waals surface area (Å²) in [5, 5.41) is 2.17. The molecule has 2 heterocycles. The van der Waals surface area contributed by atoms with Gasteiger partial charge in [-0.3, -0.25) is 0 Å². The Morgan fingerprint density at radius 3 is 1.42 bits per heavy atom. The van der Waals surface area contributed by atoms with E-state index in [1.165, 1.54) is 79.6 Å². The fourth-order valence-electron chi connectivity index (χ4n) is 9.92. The summed E-state index contributed by atoms with van der Waals surface area (Å²) < 4.78 is 21.4. The van der Waals surface area contributed by atoms with Crippen molar-refractivity contribution < 1.29 is 33.8 Å². The molecule has 5 heteroatoms. The normalized spacial score (nSPS) is 12.2. The Labute approximate surface area is 398 Å². The SMILES string of the molecule is [C-]#[O+].[C-]#[O+].[Ir+3].[c-]1cc(-c2ccccc2-c2cc(-c3ccccc3-c3ccc(-c4[c-]ccc5c4oc4ccccc45)nc3)cc(-c3ccccc3-c3c[c-]c4c(c3)CCC4)c2)cc2c1CCC2. The predicted octanol–water partition coefficient (Wildman–Crippen LogP) is 15.0. The van der Waals surface area contributed by atoms with Crippen molar-refractivity contribution in [1.29, 1.82) is 0 Å². The molecular formula is C61H40IrNO3. The van der Waals surface area contributed by atoms with E-state index in [9.17, 15) is 0 Å². The summed E-state index contributed by atoms with van der Waals surface area (Å²) in [5.41, 5.74) is 23.1. The summed E-state index contributed by atoms with van der Waals surface area (Å²) in [6, 6.07) is 70.1. The van der Waals surface area contributed by atoms with Crippen molar-refractivity contribution in [2.24, 2.45) is 0 Å². The molecule has 12 rings (SSSR count). The number of benzene rings is 8. The third kappa shape index (κ3) is 8.22. The number of hydrogen-bond acceptors (Lipinski definition) is 2. The van der Waals surface area contributed by atoms with Crippen LogP contribution in [0.3, 0.4) is 0 Å². The predicted molar refractivity (Wildman–Crippen MR) is 258 cm³/mol. The molecule has 0 saturated carbocycles. The van der Waals surface area contributed by atoms with Crippen LogP contribution < -0.4 is 0 Å². The number of rotatable bonds is 7. The molecule has 0 unspecified atom stereocenters. The maximum atomic E-state index is 7.50. The molecule has 2 aromatic heterocycles. The maximum Gasteiger partial charge on any atom is 3.00 e. The van der Waals surface area contributed by atoms with Crippen LogP contribution in [-0.4, -0.2) is 4.98 Å². The zero-order valence-electron chi connectivity index (χ0n) is 35.9. The minimum Gasteiger partial charge on any atom is -0.501 e. The number of aromatic nitrogens is 1. The van der Waals surface area contributed by atoms with E-state index in [2.05, 4.69) is 171 Å². The molecular weight excluding hydrogens is 987 g/mol. The molecule has 0 spiro atoms. The first-order chi connectivity index (χ1) is 32.2. The molecule has 0 aliphatic heterocycles. The second-order valence-corrected chi connectivity index (χ2v) is 16.6. The Balaban J connectivity index is 0.00000107. The number of furan rings is 1. The van der Waals surface area contributed by atoms with Gasteiger partial charge in [-0.15, -0.1) is 29.3 Å². The van der Waals surface area contributed by atoms with Crippen LogP contribution in [0.2, 0.25) is 0 Å². The molecule has 2 aliphatic carbocycles. The van der Waals surface area contributed by atoms with Gasteiger partial charge in [-0.2, -0.15) is 58.7 Å². The molecule has 0 N–H and O–H groups in total. The molecule has 316 valence electrons. The van der Waals surface area contributed by atoms with E-state index in [-0.39, 0.29) is 20.1 Å². The average molecular weight is 1030 g/mol. The van der Waals surface area contributed by atoms with Crippen LogP contribution >= 0.6 is 0 Å². The monoisotopic (exact) mass is 1030 g/mol. The van der Waals surface area contributed by atoms with Crippen LogP contribution in [0.15, 0.2) is 174 Å². The first-order valence-corrected chi connectivity index (χ1v) is 21.9. The molecule has 0 bridgehead atoms. The minimum atomic E-state index is 0. The number of nitrogens with zero attached hydrogens (tertiary/aromatic N) is 1. The third-order valence-electron chi connectivity index (χ3n) is 12.9. The van der Waals surface area contributed by atoms with Crippen molar-refractivity contribution in [3.05, 3.63) is 224 Å². The van der Waals surface area contributed by atoms with Gasteiger partial charge in [0.2, 0.25) is 0 Å². The van der Waals surface area contributed by atoms with E-state index < -0.39 is 0 Å². The fraction of sp³-hybridized carbons (Fsp3) is 0.0984. The van der Waals surface area contributed by atoms with Gasteiger partial charge in [0, 0.05) is 11.6 Å². The molecule has 8 aromatic carbocycles. The van der Waals surface area contributed by atoms with Crippen molar-refractivity contribution in [1.82, 2.24) is 4.98 Å².